The average molecular weight is 180 g/mol. The molecule has 0 aromatic rings. The van der Waals surface area contributed by atoms with Crippen LogP contribution in [-0.4, -0.2) is 37.6 Å². The monoisotopic (exact) mass is 180 g/mol. The Kier molecular flexibility index (Phi) is 2.06. The van der Waals surface area contributed by atoms with Crippen LogP contribution in [0.1, 0.15) is 19.3 Å². The average Bonchev–Trinajstić information content (AvgIpc) is 2.87. The summed E-state index contributed by atoms with van der Waals surface area (Å²) in [4.78, 5) is 2.73. The number of nitrogens with zero attached hydrogens (tertiary/aromatic N) is 1. The summed E-state index contributed by atoms with van der Waals surface area (Å²) in [5, 5.41) is 3.55. The van der Waals surface area contributed by atoms with E-state index in [0.717, 1.165) is 17.8 Å². The van der Waals surface area contributed by atoms with Crippen molar-refractivity contribution in [1.82, 2.24) is 10.2 Å². The fourth-order valence-corrected chi connectivity index (χ4v) is 3.03. The summed E-state index contributed by atoms with van der Waals surface area (Å²) < 4.78 is 0. The van der Waals surface area contributed by atoms with Gasteiger partial charge in [-0.3, -0.25) is 0 Å². The summed E-state index contributed by atoms with van der Waals surface area (Å²) in [7, 11) is 0. The van der Waals surface area contributed by atoms with Gasteiger partial charge < -0.3 is 10.2 Å². The fraction of sp³-hybridized carbons (Fsp3) is 1.00. The molecule has 2 heteroatoms. The molecule has 2 saturated heterocycles. The smallest absolute Gasteiger partial charge is 0.00222 e. The molecule has 13 heavy (non-hydrogen) atoms. The Morgan fingerprint density at radius 3 is 2.38 bits per heavy atom. The molecule has 2 unspecified atom stereocenters. The quantitative estimate of drug-likeness (QED) is 0.680. The summed E-state index contributed by atoms with van der Waals surface area (Å²) in [6, 6.07) is 0. The first-order valence-corrected chi connectivity index (χ1v) is 5.83. The highest BCUT2D eigenvalue weighted by molar-refractivity contribution is 4.88. The standard InChI is InChI=1S/C11H20N2/c1-2-9(1)6-13-7-10-3-11(8-13)5-12-4-10/h9-12H,1-8H2. The lowest BCUT2D eigenvalue weighted by atomic mass is 9.86. The van der Waals surface area contributed by atoms with Gasteiger partial charge >= 0.3 is 0 Å². The topological polar surface area (TPSA) is 15.3 Å². The van der Waals surface area contributed by atoms with Crippen LogP contribution in [-0.2, 0) is 0 Å². The van der Waals surface area contributed by atoms with Gasteiger partial charge in [0.05, 0.1) is 0 Å². The van der Waals surface area contributed by atoms with Gasteiger partial charge in [0.1, 0.15) is 0 Å². The lowest BCUT2D eigenvalue weighted by molar-refractivity contribution is 0.0936. The first kappa shape index (κ1) is 8.25. The zero-order valence-electron chi connectivity index (χ0n) is 8.34. The van der Waals surface area contributed by atoms with Gasteiger partial charge in [-0.1, -0.05) is 0 Å². The Balaban J connectivity index is 1.57. The second kappa shape index (κ2) is 3.25. The van der Waals surface area contributed by atoms with Crippen LogP contribution in [0, 0.1) is 17.8 Å². The van der Waals surface area contributed by atoms with Crippen LogP contribution in [0.4, 0.5) is 0 Å². The number of nitrogens with one attached hydrogen (secondary N) is 1. The lowest BCUT2D eigenvalue weighted by Gasteiger charge is -2.41. The number of rotatable bonds is 2. The molecule has 3 aliphatic rings. The van der Waals surface area contributed by atoms with E-state index in [4.69, 9.17) is 0 Å². The highest BCUT2D eigenvalue weighted by atomic mass is 15.2. The minimum absolute atomic E-state index is 0.964. The Morgan fingerprint density at radius 1 is 1.08 bits per heavy atom. The van der Waals surface area contributed by atoms with Gasteiger partial charge in [0.25, 0.3) is 0 Å². The number of piperidine rings is 2. The van der Waals surface area contributed by atoms with E-state index < -0.39 is 0 Å². The van der Waals surface area contributed by atoms with Crippen molar-refractivity contribution in [1.29, 1.82) is 0 Å². The molecule has 0 aromatic heterocycles. The molecular formula is C11H20N2. The van der Waals surface area contributed by atoms with Gasteiger partial charge in [0.2, 0.25) is 0 Å². The molecule has 2 heterocycles. The first-order valence-electron chi connectivity index (χ1n) is 5.83. The Hall–Kier alpha value is -0.0800. The molecule has 1 aliphatic carbocycles. The van der Waals surface area contributed by atoms with Gasteiger partial charge in [-0.2, -0.15) is 0 Å². The summed E-state index contributed by atoms with van der Waals surface area (Å²) in [5.41, 5.74) is 0. The third kappa shape index (κ3) is 1.89. The van der Waals surface area contributed by atoms with Crippen LogP contribution in [0.25, 0.3) is 0 Å². The fourth-order valence-electron chi connectivity index (χ4n) is 3.03. The predicted octanol–water partition coefficient (Wildman–Crippen LogP) is 0.938. The Morgan fingerprint density at radius 2 is 1.77 bits per heavy atom. The summed E-state index contributed by atoms with van der Waals surface area (Å²) in [6.45, 7) is 6.71. The molecule has 1 saturated carbocycles. The third-order valence-corrected chi connectivity index (χ3v) is 3.78. The molecule has 0 amide bonds. The largest absolute Gasteiger partial charge is 0.316 e. The van der Waals surface area contributed by atoms with Gasteiger partial charge in [-0.15, -0.1) is 0 Å². The minimum atomic E-state index is 0.964. The zero-order valence-corrected chi connectivity index (χ0v) is 8.34. The van der Waals surface area contributed by atoms with Gasteiger partial charge in [0, 0.05) is 19.6 Å². The highest BCUT2D eigenvalue weighted by Crippen LogP contribution is 2.32. The Bertz CT molecular complexity index is 177. The van der Waals surface area contributed by atoms with Crippen molar-refractivity contribution < 1.29 is 0 Å². The van der Waals surface area contributed by atoms with Crippen molar-refractivity contribution in [2.75, 3.05) is 32.7 Å². The number of fused-ring (bicyclic) bond motifs is 2. The Labute approximate surface area is 80.7 Å². The maximum absolute atomic E-state index is 3.55. The number of hydrogen-bond donors (Lipinski definition) is 1. The zero-order chi connectivity index (χ0) is 8.67. The van der Waals surface area contributed by atoms with E-state index in [-0.39, 0.29) is 0 Å². The van der Waals surface area contributed by atoms with Crippen LogP contribution in [0.3, 0.4) is 0 Å². The highest BCUT2D eigenvalue weighted by Gasteiger charge is 2.33. The molecule has 0 spiro atoms. The van der Waals surface area contributed by atoms with E-state index in [1.165, 1.54) is 52.0 Å². The van der Waals surface area contributed by atoms with E-state index in [1.807, 2.05) is 0 Å². The summed E-state index contributed by atoms with van der Waals surface area (Å²) in [5.74, 6) is 3.00. The van der Waals surface area contributed by atoms with E-state index in [0.29, 0.717) is 0 Å². The minimum Gasteiger partial charge on any atom is -0.316 e. The molecule has 74 valence electrons. The van der Waals surface area contributed by atoms with Crippen LogP contribution >= 0.6 is 0 Å². The first-order chi connectivity index (χ1) is 6.40. The van der Waals surface area contributed by atoms with Crippen molar-refractivity contribution in [3.05, 3.63) is 0 Å². The molecule has 2 aliphatic heterocycles. The van der Waals surface area contributed by atoms with Gasteiger partial charge in [0.15, 0.2) is 0 Å². The van der Waals surface area contributed by atoms with Gasteiger partial charge in [-0.25, -0.2) is 0 Å². The van der Waals surface area contributed by atoms with Crippen molar-refractivity contribution >= 4 is 0 Å². The maximum Gasteiger partial charge on any atom is 0.00222 e. The number of hydrogen-bond acceptors (Lipinski definition) is 2. The number of likely N-dealkylation sites (tertiary alicyclic amines) is 1. The predicted molar refractivity (Wildman–Crippen MR) is 53.6 cm³/mol. The molecule has 3 rings (SSSR count). The second-order valence-electron chi connectivity index (χ2n) is 5.29. The van der Waals surface area contributed by atoms with E-state index in [9.17, 15) is 0 Å². The van der Waals surface area contributed by atoms with Crippen LogP contribution in [0.15, 0.2) is 0 Å². The van der Waals surface area contributed by atoms with Crippen molar-refractivity contribution in [2.24, 2.45) is 17.8 Å². The van der Waals surface area contributed by atoms with Crippen molar-refractivity contribution in [3.8, 4) is 0 Å². The summed E-state index contributed by atoms with van der Waals surface area (Å²) in [6.07, 6.45) is 4.50. The third-order valence-electron chi connectivity index (χ3n) is 3.78. The van der Waals surface area contributed by atoms with Crippen LogP contribution in [0.5, 0.6) is 0 Å². The van der Waals surface area contributed by atoms with Crippen molar-refractivity contribution in [2.45, 2.75) is 19.3 Å². The van der Waals surface area contributed by atoms with Crippen molar-refractivity contribution in [3.63, 3.8) is 0 Å². The molecule has 0 aromatic carbocycles. The van der Waals surface area contributed by atoms with E-state index in [1.54, 1.807) is 0 Å². The van der Waals surface area contributed by atoms with Crippen LogP contribution in [0.2, 0.25) is 0 Å². The molecule has 2 nitrogen and oxygen atoms in total. The molecule has 0 radical (unpaired) electrons. The molecular weight excluding hydrogens is 160 g/mol. The normalized spacial score (nSPS) is 40.6. The molecule has 2 atom stereocenters. The summed E-state index contributed by atoms with van der Waals surface area (Å²) >= 11 is 0. The SMILES string of the molecule is C1CC1CN1CC2CNCC(C2)C1. The second-order valence-corrected chi connectivity index (χ2v) is 5.29. The van der Waals surface area contributed by atoms with Crippen LogP contribution < -0.4 is 5.32 Å². The van der Waals surface area contributed by atoms with E-state index in [2.05, 4.69) is 10.2 Å². The molecule has 1 N–H and O–H groups in total. The van der Waals surface area contributed by atoms with E-state index >= 15 is 0 Å². The molecule has 2 bridgehead atoms. The van der Waals surface area contributed by atoms with Gasteiger partial charge in [-0.05, 0) is 50.1 Å². The maximum atomic E-state index is 3.55. The molecule has 3 fully saturated rings. The lowest BCUT2D eigenvalue weighted by Crippen LogP contribution is -2.51.